The number of cyclic esters (lactones) is 1. The molecule has 17 heavy (non-hydrogen) atoms. The average molecular weight is 234 g/mol. The summed E-state index contributed by atoms with van der Waals surface area (Å²) in [4.78, 5) is 13.0. The molecule has 1 aromatic carbocycles. The molecule has 2 rings (SSSR count). The van der Waals surface area contributed by atoms with Crippen LogP contribution in [0.2, 0.25) is 0 Å². The van der Waals surface area contributed by atoms with Crippen LogP contribution in [0.4, 0.5) is 4.79 Å². The number of carbonyl (C=O) groups is 1. The molecule has 2 N–H and O–H groups in total. The topological polar surface area (TPSA) is 55.6 Å². The standard InChI is InChI=1S/C13H18N2O2/c1-9-5-10(2)7-11(6-9)12(14)8-15-3-4-17-13(15)16/h5-7,12H,3-4,8,14H2,1-2H3. The van der Waals surface area contributed by atoms with E-state index in [2.05, 4.69) is 18.2 Å². The molecule has 4 nitrogen and oxygen atoms in total. The third-order valence-electron chi connectivity index (χ3n) is 2.93. The summed E-state index contributed by atoms with van der Waals surface area (Å²) >= 11 is 0. The summed E-state index contributed by atoms with van der Waals surface area (Å²) in [6, 6.07) is 6.10. The van der Waals surface area contributed by atoms with E-state index in [9.17, 15) is 4.79 Å². The molecule has 1 amide bonds. The molecule has 0 radical (unpaired) electrons. The number of nitrogens with two attached hydrogens (primary N) is 1. The van der Waals surface area contributed by atoms with Gasteiger partial charge in [-0.3, -0.25) is 0 Å². The number of aryl methyl sites for hydroxylation is 2. The first-order valence-electron chi connectivity index (χ1n) is 5.82. The zero-order chi connectivity index (χ0) is 12.4. The van der Waals surface area contributed by atoms with Crippen molar-refractivity contribution in [2.75, 3.05) is 19.7 Å². The molecule has 1 aliphatic heterocycles. The molecule has 1 unspecified atom stereocenters. The quantitative estimate of drug-likeness (QED) is 0.867. The monoisotopic (exact) mass is 234 g/mol. The molecular formula is C13H18N2O2. The van der Waals surface area contributed by atoms with Crippen molar-refractivity contribution >= 4 is 6.09 Å². The van der Waals surface area contributed by atoms with Crippen LogP contribution >= 0.6 is 0 Å². The summed E-state index contributed by atoms with van der Waals surface area (Å²) in [7, 11) is 0. The molecular weight excluding hydrogens is 216 g/mol. The summed E-state index contributed by atoms with van der Waals surface area (Å²) in [5.74, 6) is 0. The third-order valence-corrected chi connectivity index (χ3v) is 2.93. The zero-order valence-electron chi connectivity index (χ0n) is 10.3. The summed E-state index contributed by atoms with van der Waals surface area (Å²) in [6.07, 6.45) is -0.259. The molecule has 0 bridgehead atoms. The maximum atomic E-state index is 11.3. The SMILES string of the molecule is Cc1cc(C)cc(C(N)CN2CCOC2=O)c1. The summed E-state index contributed by atoms with van der Waals surface area (Å²) in [6.45, 7) is 5.72. The Balaban J connectivity index is 2.08. The van der Waals surface area contributed by atoms with E-state index in [1.165, 1.54) is 11.1 Å². The van der Waals surface area contributed by atoms with Crippen molar-refractivity contribution < 1.29 is 9.53 Å². The Morgan fingerprint density at radius 1 is 1.35 bits per heavy atom. The fraction of sp³-hybridized carbons (Fsp3) is 0.462. The number of hydrogen-bond donors (Lipinski definition) is 1. The van der Waals surface area contributed by atoms with Crippen LogP contribution in [0.3, 0.4) is 0 Å². The Morgan fingerprint density at radius 3 is 2.53 bits per heavy atom. The second-order valence-electron chi connectivity index (χ2n) is 4.59. The number of rotatable bonds is 3. The fourth-order valence-electron chi connectivity index (χ4n) is 2.16. The Labute approximate surface area is 101 Å². The lowest BCUT2D eigenvalue weighted by molar-refractivity contribution is 0.157. The number of hydrogen-bond acceptors (Lipinski definition) is 3. The van der Waals surface area contributed by atoms with E-state index in [1.807, 2.05) is 13.8 Å². The van der Waals surface area contributed by atoms with Gasteiger partial charge in [0.1, 0.15) is 6.61 Å². The fourth-order valence-corrected chi connectivity index (χ4v) is 2.16. The zero-order valence-corrected chi connectivity index (χ0v) is 10.3. The molecule has 4 heteroatoms. The molecule has 0 spiro atoms. The second-order valence-corrected chi connectivity index (χ2v) is 4.59. The van der Waals surface area contributed by atoms with Gasteiger partial charge in [-0.1, -0.05) is 29.3 Å². The minimum absolute atomic E-state index is 0.153. The van der Waals surface area contributed by atoms with Gasteiger partial charge < -0.3 is 15.4 Å². The van der Waals surface area contributed by atoms with Gasteiger partial charge in [-0.05, 0) is 19.4 Å². The van der Waals surface area contributed by atoms with Crippen LogP contribution in [0.5, 0.6) is 0 Å². The van der Waals surface area contributed by atoms with Gasteiger partial charge in [0.15, 0.2) is 0 Å². The highest BCUT2D eigenvalue weighted by Crippen LogP contribution is 2.17. The van der Waals surface area contributed by atoms with Gasteiger partial charge >= 0.3 is 6.09 Å². The highest BCUT2D eigenvalue weighted by Gasteiger charge is 2.24. The van der Waals surface area contributed by atoms with E-state index in [1.54, 1.807) is 4.90 Å². The van der Waals surface area contributed by atoms with E-state index in [0.29, 0.717) is 19.7 Å². The van der Waals surface area contributed by atoms with E-state index >= 15 is 0 Å². The molecule has 1 saturated heterocycles. The first kappa shape index (κ1) is 11.9. The van der Waals surface area contributed by atoms with Crippen LogP contribution in [-0.4, -0.2) is 30.7 Å². The smallest absolute Gasteiger partial charge is 0.410 e. The third kappa shape index (κ3) is 2.77. The van der Waals surface area contributed by atoms with E-state index < -0.39 is 0 Å². The Bertz CT molecular complexity index is 411. The number of benzene rings is 1. The number of carbonyl (C=O) groups excluding carboxylic acids is 1. The molecule has 92 valence electrons. The first-order valence-corrected chi connectivity index (χ1v) is 5.82. The normalized spacial score (nSPS) is 17.1. The molecule has 1 aromatic rings. The van der Waals surface area contributed by atoms with Gasteiger partial charge in [0.25, 0.3) is 0 Å². The predicted molar refractivity (Wildman–Crippen MR) is 65.8 cm³/mol. The Morgan fingerprint density at radius 2 is 2.00 bits per heavy atom. The van der Waals surface area contributed by atoms with Crippen molar-refractivity contribution in [3.8, 4) is 0 Å². The Kier molecular flexibility index (Phi) is 3.33. The van der Waals surface area contributed by atoms with E-state index in [-0.39, 0.29) is 12.1 Å². The molecule has 1 fully saturated rings. The molecule has 0 aliphatic carbocycles. The lowest BCUT2D eigenvalue weighted by Gasteiger charge is -2.19. The molecule has 1 heterocycles. The van der Waals surface area contributed by atoms with Crippen LogP contribution < -0.4 is 5.73 Å². The number of nitrogens with zero attached hydrogens (tertiary/aromatic N) is 1. The molecule has 0 saturated carbocycles. The maximum Gasteiger partial charge on any atom is 0.410 e. The summed E-state index contributed by atoms with van der Waals surface area (Å²) in [5.41, 5.74) is 9.58. The van der Waals surface area contributed by atoms with Crippen molar-refractivity contribution in [2.45, 2.75) is 19.9 Å². The molecule has 0 aromatic heterocycles. The molecule has 1 aliphatic rings. The van der Waals surface area contributed by atoms with Gasteiger partial charge in [0.05, 0.1) is 6.54 Å². The second kappa shape index (κ2) is 4.75. The van der Waals surface area contributed by atoms with Crippen molar-refractivity contribution in [3.05, 3.63) is 34.9 Å². The van der Waals surface area contributed by atoms with Crippen molar-refractivity contribution in [1.29, 1.82) is 0 Å². The van der Waals surface area contributed by atoms with Crippen LogP contribution in [-0.2, 0) is 4.74 Å². The van der Waals surface area contributed by atoms with Gasteiger partial charge in [0, 0.05) is 12.6 Å². The van der Waals surface area contributed by atoms with Crippen LogP contribution in [0.25, 0.3) is 0 Å². The van der Waals surface area contributed by atoms with Crippen molar-refractivity contribution in [3.63, 3.8) is 0 Å². The highest BCUT2D eigenvalue weighted by molar-refractivity contribution is 5.69. The largest absolute Gasteiger partial charge is 0.448 e. The maximum absolute atomic E-state index is 11.3. The van der Waals surface area contributed by atoms with Gasteiger partial charge in [-0.25, -0.2) is 4.79 Å². The van der Waals surface area contributed by atoms with Gasteiger partial charge in [0.2, 0.25) is 0 Å². The number of amides is 1. The van der Waals surface area contributed by atoms with Crippen LogP contribution in [0, 0.1) is 13.8 Å². The highest BCUT2D eigenvalue weighted by atomic mass is 16.6. The van der Waals surface area contributed by atoms with Crippen LogP contribution in [0.1, 0.15) is 22.7 Å². The summed E-state index contributed by atoms with van der Waals surface area (Å²) < 4.78 is 4.88. The van der Waals surface area contributed by atoms with Gasteiger partial charge in [-0.2, -0.15) is 0 Å². The van der Waals surface area contributed by atoms with Gasteiger partial charge in [-0.15, -0.1) is 0 Å². The minimum Gasteiger partial charge on any atom is -0.448 e. The lowest BCUT2D eigenvalue weighted by atomic mass is 10.0. The van der Waals surface area contributed by atoms with Crippen LogP contribution in [0.15, 0.2) is 18.2 Å². The van der Waals surface area contributed by atoms with Crippen molar-refractivity contribution in [1.82, 2.24) is 4.90 Å². The first-order chi connectivity index (χ1) is 8.06. The Hall–Kier alpha value is -1.55. The minimum atomic E-state index is -0.259. The van der Waals surface area contributed by atoms with E-state index in [4.69, 9.17) is 10.5 Å². The van der Waals surface area contributed by atoms with Crippen molar-refractivity contribution in [2.24, 2.45) is 5.73 Å². The molecule has 1 atom stereocenters. The number of ether oxygens (including phenoxy) is 1. The summed E-state index contributed by atoms with van der Waals surface area (Å²) in [5, 5.41) is 0. The lowest BCUT2D eigenvalue weighted by Crippen LogP contribution is -2.32. The van der Waals surface area contributed by atoms with E-state index in [0.717, 1.165) is 5.56 Å². The predicted octanol–water partition coefficient (Wildman–Crippen LogP) is 1.76. The average Bonchev–Trinajstić information content (AvgIpc) is 2.63.